The fourth-order valence-corrected chi connectivity index (χ4v) is 4.22. The van der Waals surface area contributed by atoms with Crippen LogP contribution in [0.4, 0.5) is 0 Å². The van der Waals surface area contributed by atoms with Gasteiger partial charge in [0.05, 0.1) is 17.8 Å². The average molecular weight is 406 g/mol. The molecule has 158 valence electrons. The number of hydrogen-bond acceptors (Lipinski definition) is 4. The number of nitrogens with one attached hydrogen (secondary N) is 2. The standard InChI is InChI=1S/C24H31N5O/c1-25-24(27-14-12-20-9-5-8-19-10-6-13-26-23(19)20)28-18-21(22-11-7-17-30-22)29-15-3-2-4-16-29/h5-11,13,17,21H,2-4,12,14-16,18H2,1H3,(H2,25,27,28). The van der Waals surface area contributed by atoms with Crippen molar-refractivity contribution < 1.29 is 4.42 Å². The van der Waals surface area contributed by atoms with Crippen molar-refractivity contribution in [3.63, 3.8) is 0 Å². The van der Waals surface area contributed by atoms with Crippen molar-refractivity contribution in [2.75, 3.05) is 33.2 Å². The number of rotatable bonds is 7. The SMILES string of the molecule is CN=C(NCCc1cccc2cccnc12)NCC(c1ccco1)N1CCCCC1. The number of aliphatic imine (C=N–C) groups is 1. The van der Waals surface area contributed by atoms with Gasteiger partial charge in [0.15, 0.2) is 5.96 Å². The fraction of sp³-hybridized carbons (Fsp3) is 0.417. The largest absolute Gasteiger partial charge is 0.468 e. The second-order valence-electron chi connectivity index (χ2n) is 7.75. The van der Waals surface area contributed by atoms with E-state index >= 15 is 0 Å². The molecular formula is C24H31N5O. The number of guanidine groups is 1. The van der Waals surface area contributed by atoms with Crippen molar-refractivity contribution in [3.05, 3.63) is 66.2 Å². The van der Waals surface area contributed by atoms with E-state index in [2.05, 4.69) is 55.8 Å². The Balaban J connectivity index is 1.33. The summed E-state index contributed by atoms with van der Waals surface area (Å²) in [5.74, 6) is 1.83. The van der Waals surface area contributed by atoms with Crippen LogP contribution in [0, 0.1) is 0 Å². The van der Waals surface area contributed by atoms with Crippen molar-refractivity contribution >= 4 is 16.9 Å². The van der Waals surface area contributed by atoms with Gasteiger partial charge in [0.1, 0.15) is 5.76 Å². The Morgan fingerprint density at radius 1 is 1.10 bits per heavy atom. The van der Waals surface area contributed by atoms with Crippen LogP contribution in [0.2, 0.25) is 0 Å². The van der Waals surface area contributed by atoms with Crippen LogP contribution in [-0.4, -0.2) is 49.1 Å². The molecule has 2 aromatic heterocycles. The van der Waals surface area contributed by atoms with Crippen molar-refractivity contribution in [2.24, 2.45) is 4.99 Å². The van der Waals surface area contributed by atoms with Crippen molar-refractivity contribution in [3.8, 4) is 0 Å². The summed E-state index contributed by atoms with van der Waals surface area (Å²) in [6, 6.07) is 14.7. The third-order valence-electron chi connectivity index (χ3n) is 5.79. The molecule has 0 amide bonds. The highest BCUT2D eigenvalue weighted by Gasteiger charge is 2.24. The van der Waals surface area contributed by atoms with Crippen LogP contribution in [0.5, 0.6) is 0 Å². The van der Waals surface area contributed by atoms with E-state index in [1.807, 2.05) is 25.4 Å². The summed E-state index contributed by atoms with van der Waals surface area (Å²) in [6.07, 6.45) is 8.34. The van der Waals surface area contributed by atoms with Gasteiger partial charge in [0.2, 0.25) is 0 Å². The number of furan rings is 1. The molecule has 3 aromatic rings. The van der Waals surface area contributed by atoms with Gasteiger partial charge in [-0.3, -0.25) is 14.9 Å². The number of piperidine rings is 1. The summed E-state index contributed by atoms with van der Waals surface area (Å²) in [5, 5.41) is 8.13. The van der Waals surface area contributed by atoms with Crippen LogP contribution in [0.3, 0.4) is 0 Å². The molecule has 1 aliphatic heterocycles. The molecule has 1 saturated heterocycles. The molecule has 2 N–H and O–H groups in total. The summed E-state index contributed by atoms with van der Waals surface area (Å²) in [6.45, 7) is 3.80. The van der Waals surface area contributed by atoms with E-state index in [1.54, 1.807) is 6.26 Å². The van der Waals surface area contributed by atoms with E-state index in [1.165, 1.54) is 30.2 Å². The molecule has 3 heterocycles. The summed E-state index contributed by atoms with van der Waals surface area (Å²) >= 11 is 0. The highest BCUT2D eigenvalue weighted by atomic mass is 16.3. The molecule has 0 spiro atoms. The summed E-state index contributed by atoms with van der Waals surface area (Å²) in [7, 11) is 1.82. The van der Waals surface area contributed by atoms with Crippen LogP contribution >= 0.6 is 0 Å². The van der Waals surface area contributed by atoms with Gasteiger partial charge in [-0.2, -0.15) is 0 Å². The van der Waals surface area contributed by atoms with E-state index in [4.69, 9.17) is 4.42 Å². The number of nitrogens with zero attached hydrogens (tertiary/aromatic N) is 3. The third kappa shape index (κ3) is 5.00. The van der Waals surface area contributed by atoms with Gasteiger partial charge < -0.3 is 15.1 Å². The van der Waals surface area contributed by atoms with Gasteiger partial charge in [-0.15, -0.1) is 0 Å². The second-order valence-corrected chi connectivity index (χ2v) is 7.75. The van der Waals surface area contributed by atoms with Gasteiger partial charge in [0.25, 0.3) is 0 Å². The summed E-state index contributed by atoms with van der Waals surface area (Å²) < 4.78 is 5.75. The van der Waals surface area contributed by atoms with E-state index in [0.717, 1.165) is 49.8 Å². The Labute approximate surface area is 178 Å². The quantitative estimate of drug-likeness (QED) is 0.463. The van der Waals surface area contributed by atoms with E-state index in [-0.39, 0.29) is 6.04 Å². The maximum absolute atomic E-state index is 5.75. The van der Waals surface area contributed by atoms with E-state index < -0.39 is 0 Å². The van der Waals surface area contributed by atoms with E-state index in [9.17, 15) is 0 Å². The van der Waals surface area contributed by atoms with Gasteiger partial charge in [-0.25, -0.2) is 0 Å². The highest BCUT2D eigenvalue weighted by Crippen LogP contribution is 2.24. The number of fused-ring (bicyclic) bond motifs is 1. The molecule has 0 bridgehead atoms. The maximum Gasteiger partial charge on any atom is 0.191 e. The number of hydrogen-bond donors (Lipinski definition) is 2. The molecule has 1 fully saturated rings. The van der Waals surface area contributed by atoms with Crippen molar-refractivity contribution in [1.29, 1.82) is 0 Å². The Morgan fingerprint density at radius 3 is 2.77 bits per heavy atom. The first-order valence-corrected chi connectivity index (χ1v) is 10.9. The molecule has 1 aliphatic rings. The van der Waals surface area contributed by atoms with Gasteiger partial charge in [-0.1, -0.05) is 30.7 Å². The molecule has 30 heavy (non-hydrogen) atoms. The molecular weight excluding hydrogens is 374 g/mol. The smallest absolute Gasteiger partial charge is 0.191 e. The number of aromatic nitrogens is 1. The zero-order valence-electron chi connectivity index (χ0n) is 17.7. The lowest BCUT2D eigenvalue weighted by Crippen LogP contribution is -2.44. The van der Waals surface area contributed by atoms with Gasteiger partial charge >= 0.3 is 0 Å². The van der Waals surface area contributed by atoms with Gasteiger partial charge in [-0.05, 0) is 56.1 Å². The van der Waals surface area contributed by atoms with Crippen LogP contribution in [0.15, 0.2) is 64.3 Å². The first kappa shape index (κ1) is 20.4. The molecule has 0 aliphatic carbocycles. The lowest BCUT2D eigenvalue weighted by Gasteiger charge is -2.33. The zero-order valence-corrected chi connectivity index (χ0v) is 17.7. The summed E-state index contributed by atoms with van der Waals surface area (Å²) in [5.41, 5.74) is 2.32. The minimum Gasteiger partial charge on any atom is -0.468 e. The molecule has 4 rings (SSSR count). The minimum atomic E-state index is 0.223. The molecule has 1 unspecified atom stereocenters. The lowest BCUT2D eigenvalue weighted by atomic mass is 10.1. The predicted molar refractivity (Wildman–Crippen MR) is 122 cm³/mol. The molecule has 0 saturated carbocycles. The second kappa shape index (κ2) is 10.3. The topological polar surface area (TPSA) is 65.7 Å². The number of para-hydroxylation sites is 1. The number of pyridine rings is 1. The fourth-order valence-electron chi connectivity index (χ4n) is 4.22. The maximum atomic E-state index is 5.75. The third-order valence-corrected chi connectivity index (χ3v) is 5.79. The first-order valence-electron chi connectivity index (χ1n) is 10.9. The Bertz CT molecular complexity index is 942. The van der Waals surface area contributed by atoms with Crippen LogP contribution in [0.1, 0.15) is 36.6 Å². The Kier molecular flexibility index (Phi) is 6.98. The molecule has 6 heteroatoms. The normalized spacial score (nSPS) is 16.5. The minimum absolute atomic E-state index is 0.223. The molecule has 1 atom stereocenters. The van der Waals surface area contributed by atoms with Crippen LogP contribution < -0.4 is 10.6 Å². The highest BCUT2D eigenvalue weighted by molar-refractivity contribution is 5.82. The molecule has 1 aromatic carbocycles. The van der Waals surface area contributed by atoms with E-state index in [0.29, 0.717) is 0 Å². The van der Waals surface area contributed by atoms with Crippen molar-refractivity contribution in [2.45, 2.75) is 31.7 Å². The Morgan fingerprint density at radius 2 is 1.97 bits per heavy atom. The van der Waals surface area contributed by atoms with Gasteiger partial charge in [0, 0.05) is 31.7 Å². The molecule has 6 nitrogen and oxygen atoms in total. The van der Waals surface area contributed by atoms with Crippen LogP contribution in [0.25, 0.3) is 10.9 Å². The zero-order chi connectivity index (χ0) is 20.6. The average Bonchev–Trinajstić information content (AvgIpc) is 3.33. The number of likely N-dealkylation sites (tertiary alicyclic amines) is 1. The monoisotopic (exact) mass is 405 g/mol. The number of benzene rings is 1. The van der Waals surface area contributed by atoms with Crippen LogP contribution in [-0.2, 0) is 6.42 Å². The summed E-state index contributed by atoms with van der Waals surface area (Å²) in [4.78, 5) is 11.5. The van der Waals surface area contributed by atoms with Crippen molar-refractivity contribution in [1.82, 2.24) is 20.5 Å². The lowest BCUT2D eigenvalue weighted by molar-refractivity contribution is 0.146. The predicted octanol–water partition coefficient (Wildman–Crippen LogP) is 3.76. The Hall–Kier alpha value is -2.86. The first-order chi connectivity index (χ1) is 14.8. The molecule has 0 radical (unpaired) electrons.